The maximum atomic E-state index is 12.3. The van der Waals surface area contributed by atoms with Crippen molar-refractivity contribution in [2.24, 2.45) is 11.8 Å². The molecule has 0 aliphatic heterocycles. The fourth-order valence-electron chi connectivity index (χ4n) is 2.90. The topological polar surface area (TPSA) is 66.4 Å². The fourth-order valence-corrected chi connectivity index (χ4v) is 2.90. The number of carbonyl (C=O) groups is 2. The van der Waals surface area contributed by atoms with Gasteiger partial charge < -0.3 is 10.4 Å². The summed E-state index contributed by atoms with van der Waals surface area (Å²) in [4.78, 5) is 23.4. The molecule has 0 aromatic rings. The molecule has 2 aliphatic rings. The lowest BCUT2D eigenvalue weighted by Gasteiger charge is -2.43. The largest absolute Gasteiger partial charge is 0.481 e. The van der Waals surface area contributed by atoms with E-state index in [0.717, 1.165) is 25.7 Å². The number of nitrogens with one attached hydrogen (secondary N) is 1. The van der Waals surface area contributed by atoms with Gasteiger partial charge in [0.1, 0.15) is 0 Å². The van der Waals surface area contributed by atoms with E-state index in [9.17, 15) is 14.7 Å². The number of allylic oxidation sites excluding steroid dienone is 2. The van der Waals surface area contributed by atoms with Crippen molar-refractivity contribution in [3.8, 4) is 0 Å². The first-order valence-electron chi connectivity index (χ1n) is 6.78. The van der Waals surface area contributed by atoms with Crippen molar-refractivity contribution in [3.63, 3.8) is 0 Å². The molecule has 0 heterocycles. The SMILES string of the molecule is CCC1(NC(=O)C2CC=CCC2C(=O)O)CCC1. The summed E-state index contributed by atoms with van der Waals surface area (Å²) in [5, 5.41) is 12.3. The third-order valence-electron chi connectivity index (χ3n) is 4.46. The number of hydrogen-bond donors (Lipinski definition) is 2. The van der Waals surface area contributed by atoms with Gasteiger partial charge in [0.25, 0.3) is 0 Å². The summed E-state index contributed by atoms with van der Waals surface area (Å²) < 4.78 is 0. The molecule has 4 nitrogen and oxygen atoms in total. The minimum absolute atomic E-state index is 0.0543. The van der Waals surface area contributed by atoms with E-state index in [1.165, 1.54) is 0 Å². The molecule has 2 N–H and O–H groups in total. The van der Waals surface area contributed by atoms with Crippen LogP contribution in [0.25, 0.3) is 0 Å². The molecule has 18 heavy (non-hydrogen) atoms. The summed E-state index contributed by atoms with van der Waals surface area (Å²) in [5.74, 6) is -1.91. The van der Waals surface area contributed by atoms with Crippen LogP contribution in [0.5, 0.6) is 0 Å². The zero-order chi connectivity index (χ0) is 13.2. The van der Waals surface area contributed by atoms with Gasteiger partial charge in [0, 0.05) is 5.54 Å². The number of amides is 1. The van der Waals surface area contributed by atoms with Crippen LogP contribution >= 0.6 is 0 Å². The molecule has 1 amide bonds. The highest BCUT2D eigenvalue weighted by Gasteiger charge is 2.40. The Hall–Kier alpha value is -1.32. The van der Waals surface area contributed by atoms with E-state index < -0.39 is 17.8 Å². The van der Waals surface area contributed by atoms with Crippen molar-refractivity contribution in [1.29, 1.82) is 0 Å². The zero-order valence-corrected chi connectivity index (χ0v) is 10.8. The second-order valence-corrected chi connectivity index (χ2v) is 5.47. The van der Waals surface area contributed by atoms with Gasteiger partial charge in [0.05, 0.1) is 11.8 Å². The van der Waals surface area contributed by atoms with Gasteiger partial charge in [-0.25, -0.2) is 0 Å². The van der Waals surface area contributed by atoms with E-state index in [2.05, 4.69) is 12.2 Å². The van der Waals surface area contributed by atoms with Gasteiger partial charge in [0.2, 0.25) is 5.91 Å². The normalized spacial score (nSPS) is 29.4. The average Bonchev–Trinajstić information content (AvgIpc) is 2.33. The molecule has 2 aliphatic carbocycles. The molecule has 0 radical (unpaired) electrons. The summed E-state index contributed by atoms with van der Waals surface area (Å²) >= 11 is 0. The Morgan fingerprint density at radius 1 is 1.28 bits per heavy atom. The second-order valence-electron chi connectivity index (χ2n) is 5.47. The van der Waals surface area contributed by atoms with Crippen molar-refractivity contribution >= 4 is 11.9 Å². The molecule has 2 atom stereocenters. The van der Waals surface area contributed by atoms with E-state index in [-0.39, 0.29) is 11.4 Å². The standard InChI is InChI=1S/C14H21NO3/c1-2-14(8-5-9-14)15-12(16)10-6-3-4-7-11(10)13(17)18/h3-4,10-11H,2,5-9H2,1H3,(H,15,16)(H,17,18). The van der Waals surface area contributed by atoms with Crippen LogP contribution in [0.2, 0.25) is 0 Å². The Morgan fingerprint density at radius 2 is 1.89 bits per heavy atom. The van der Waals surface area contributed by atoms with Crippen molar-refractivity contribution in [1.82, 2.24) is 5.32 Å². The molecular weight excluding hydrogens is 230 g/mol. The van der Waals surface area contributed by atoms with Crippen LogP contribution in [0.15, 0.2) is 12.2 Å². The lowest BCUT2D eigenvalue weighted by Crippen LogP contribution is -2.55. The monoisotopic (exact) mass is 251 g/mol. The van der Waals surface area contributed by atoms with Crippen LogP contribution in [0.3, 0.4) is 0 Å². The Labute approximate surface area is 107 Å². The van der Waals surface area contributed by atoms with Gasteiger partial charge in [-0.15, -0.1) is 0 Å². The van der Waals surface area contributed by atoms with Crippen LogP contribution in [0, 0.1) is 11.8 Å². The summed E-state index contributed by atoms with van der Waals surface area (Å²) in [6.45, 7) is 2.08. The third-order valence-corrected chi connectivity index (χ3v) is 4.46. The first-order valence-corrected chi connectivity index (χ1v) is 6.78. The molecule has 1 saturated carbocycles. The summed E-state index contributed by atoms with van der Waals surface area (Å²) in [6, 6.07) is 0. The van der Waals surface area contributed by atoms with E-state index in [1.54, 1.807) is 0 Å². The molecule has 0 aromatic heterocycles. The molecule has 0 spiro atoms. The van der Waals surface area contributed by atoms with Gasteiger partial charge in [0.15, 0.2) is 0 Å². The van der Waals surface area contributed by atoms with Crippen LogP contribution in [-0.2, 0) is 9.59 Å². The van der Waals surface area contributed by atoms with E-state index >= 15 is 0 Å². The smallest absolute Gasteiger partial charge is 0.307 e. The first-order chi connectivity index (χ1) is 8.58. The van der Waals surface area contributed by atoms with Gasteiger partial charge >= 0.3 is 5.97 Å². The lowest BCUT2D eigenvalue weighted by molar-refractivity contribution is -0.148. The molecule has 4 heteroatoms. The predicted molar refractivity (Wildman–Crippen MR) is 68.0 cm³/mol. The molecular formula is C14H21NO3. The molecule has 100 valence electrons. The molecule has 0 saturated heterocycles. The summed E-state index contributed by atoms with van der Waals surface area (Å²) in [7, 11) is 0. The van der Waals surface area contributed by atoms with Gasteiger partial charge in [-0.05, 0) is 38.5 Å². The van der Waals surface area contributed by atoms with Crippen molar-refractivity contribution in [2.45, 2.75) is 51.0 Å². The number of carbonyl (C=O) groups excluding carboxylic acids is 1. The van der Waals surface area contributed by atoms with Crippen LogP contribution in [0.4, 0.5) is 0 Å². The predicted octanol–water partition coefficient (Wildman–Crippen LogP) is 2.10. The molecule has 2 rings (SSSR count). The lowest BCUT2D eigenvalue weighted by atomic mass is 9.73. The molecule has 1 fully saturated rings. The Bertz CT molecular complexity index is 366. The highest BCUT2D eigenvalue weighted by Crippen LogP contribution is 2.36. The Kier molecular flexibility index (Phi) is 3.73. The van der Waals surface area contributed by atoms with Crippen molar-refractivity contribution < 1.29 is 14.7 Å². The van der Waals surface area contributed by atoms with Crippen LogP contribution < -0.4 is 5.32 Å². The second kappa shape index (κ2) is 5.12. The average molecular weight is 251 g/mol. The Balaban J connectivity index is 2.03. The van der Waals surface area contributed by atoms with Gasteiger partial charge in [-0.3, -0.25) is 9.59 Å². The molecule has 2 unspecified atom stereocenters. The maximum absolute atomic E-state index is 12.3. The van der Waals surface area contributed by atoms with Crippen LogP contribution in [0.1, 0.15) is 45.4 Å². The summed E-state index contributed by atoms with van der Waals surface area (Å²) in [6.07, 6.45) is 8.92. The highest BCUT2D eigenvalue weighted by atomic mass is 16.4. The Morgan fingerprint density at radius 3 is 2.33 bits per heavy atom. The molecule has 0 aromatic carbocycles. The van der Waals surface area contributed by atoms with Crippen molar-refractivity contribution in [3.05, 3.63) is 12.2 Å². The van der Waals surface area contributed by atoms with Gasteiger partial charge in [-0.1, -0.05) is 19.1 Å². The number of aliphatic carboxylic acids is 1. The fraction of sp³-hybridized carbons (Fsp3) is 0.714. The number of carboxylic acids is 1. The first kappa shape index (κ1) is 13.1. The summed E-state index contributed by atoms with van der Waals surface area (Å²) in [5.41, 5.74) is -0.0543. The van der Waals surface area contributed by atoms with Gasteiger partial charge in [-0.2, -0.15) is 0 Å². The number of carboxylic acid groups (broad SMARTS) is 1. The third kappa shape index (κ3) is 2.42. The van der Waals surface area contributed by atoms with E-state index in [1.807, 2.05) is 12.2 Å². The number of hydrogen-bond acceptors (Lipinski definition) is 2. The quantitative estimate of drug-likeness (QED) is 0.752. The van der Waals surface area contributed by atoms with E-state index in [0.29, 0.717) is 12.8 Å². The highest BCUT2D eigenvalue weighted by molar-refractivity contribution is 5.85. The number of rotatable bonds is 4. The maximum Gasteiger partial charge on any atom is 0.307 e. The molecule has 0 bridgehead atoms. The zero-order valence-electron chi connectivity index (χ0n) is 10.8. The van der Waals surface area contributed by atoms with E-state index in [4.69, 9.17) is 0 Å². The van der Waals surface area contributed by atoms with Crippen molar-refractivity contribution in [2.75, 3.05) is 0 Å². The minimum atomic E-state index is -0.862. The van der Waals surface area contributed by atoms with Crippen LogP contribution in [-0.4, -0.2) is 22.5 Å². The minimum Gasteiger partial charge on any atom is -0.481 e.